The molecule has 2 rings (SSSR count). The van der Waals surface area contributed by atoms with Gasteiger partial charge in [-0.3, -0.25) is 4.79 Å². The molecular weight excluding hydrogens is 196 g/mol. The first-order valence-electron chi connectivity index (χ1n) is 4.95. The van der Waals surface area contributed by atoms with Gasteiger partial charge < -0.3 is 14.2 Å². The fourth-order valence-electron chi connectivity index (χ4n) is 1.48. The summed E-state index contributed by atoms with van der Waals surface area (Å²) in [6.07, 6.45) is 0. The molecule has 1 aliphatic rings. The van der Waals surface area contributed by atoms with Crippen LogP contribution in [0.15, 0.2) is 4.42 Å². The van der Waals surface area contributed by atoms with E-state index in [1.165, 1.54) is 6.92 Å². The van der Waals surface area contributed by atoms with Gasteiger partial charge in [0.1, 0.15) is 0 Å². The van der Waals surface area contributed by atoms with Gasteiger partial charge in [-0.1, -0.05) is 5.10 Å². The van der Waals surface area contributed by atoms with E-state index in [4.69, 9.17) is 4.42 Å². The number of aromatic nitrogens is 2. The van der Waals surface area contributed by atoms with Crippen molar-refractivity contribution in [3.63, 3.8) is 0 Å². The van der Waals surface area contributed by atoms with Crippen molar-refractivity contribution in [1.82, 2.24) is 15.1 Å². The Morgan fingerprint density at radius 3 is 2.47 bits per heavy atom. The molecule has 0 saturated carbocycles. The molecule has 1 aliphatic heterocycles. The van der Waals surface area contributed by atoms with E-state index in [-0.39, 0.29) is 11.7 Å². The minimum atomic E-state index is -0.192. The van der Waals surface area contributed by atoms with Crippen LogP contribution in [-0.2, 0) is 0 Å². The molecule has 15 heavy (non-hydrogen) atoms. The predicted molar refractivity (Wildman–Crippen MR) is 54.0 cm³/mol. The van der Waals surface area contributed by atoms with Crippen LogP contribution < -0.4 is 4.90 Å². The average Bonchev–Trinajstić information content (AvgIpc) is 2.68. The monoisotopic (exact) mass is 210 g/mol. The summed E-state index contributed by atoms with van der Waals surface area (Å²) < 4.78 is 5.26. The van der Waals surface area contributed by atoms with Crippen molar-refractivity contribution < 1.29 is 9.21 Å². The molecule has 6 heteroatoms. The Morgan fingerprint density at radius 2 is 1.93 bits per heavy atom. The zero-order valence-corrected chi connectivity index (χ0v) is 8.93. The van der Waals surface area contributed by atoms with E-state index in [9.17, 15) is 4.79 Å². The fraction of sp³-hybridized carbons (Fsp3) is 0.667. The Kier molecular flexibility index (Phi) is 2.68. The Hall–Kier alpha value is -1.43. The third-order valence-corrected chi connectivity index (χ3v) is 2.49. The lowest BCUT2D eigenvalue weighted by Gasteiger charge is -2.30. The van der Waals surface area contributed by atoms with Gasteiger partial charge in [0.15, 0.2) is 0 Å². The molecule has 1 fully saturated rings. The quantitative estimate of drug-likeness (QED) is 0.641. The molecule has 1 aromatic heterocycles. The number of hydrogen-bond donors (Lipinski definition) is 0. The van der Waals surface area contributed by atoms with Crippen LogP contribution in [0.4, 0.5) is 6.01 Å². The van der Waals surface area contributed by atoms with E-state index < -0.39 is 0 Å². The van der Waals surface area contributed by atoms with Gasteiger partial charge in [0.2, 0.25) is 5.78 Å². The molecule has 1 saturated heterocycles. The van der Waals surface area contributed by atoms with Gasteiger partial charge in [0, 0.05) is 33.1 Å². The molecule has 0 bridgehead atoms. The number of nitrogens with zero attached hydrogens (tertiary/aromatic N) is 4. The van der Waals surface area contributed by atoms with Gasteiger partial charge in [0.25, 0.3) is 5.89 Å². The lowest BCUT2D eigenvalue weighted by molar-refractivity contribution is 0.0981. The summed E-state index contributed by atoms with van der Waals surface area (Å²) >= 11 is 0. The van der Waals surface area contributed by atoms with Crippen molar-refractivity contribution in [2.45, 2.75) is 6.92 Å². The summed E-state index contributed by atoms with van der Waals surface area (Å²) in [5.41, 5.74) is 0. The minimum absolute atomic E-state index is 0.0870. The van der Waals surface area contributed by atoms with Crippen molar-refractivity contribution >= 4 is 11.8 Å². The van der Waals surface area contributed by atoms with Crippen LogP contribution >= 0.6 is 0 Å². The van der Waals surface area contributed by atoms with E-state index in [0.29, 0.717) is 6.01 Å². The number of piperazine rings is 1. The van der Waals surface area contributed by atoms with Crippen LogP contribution in [0.2, 0.25) is 0 Å². The van der Waals surface area contributed by atoms with Gasteiger partial charge in [-0.25, -0.2) is 0 Å². The van der Waals surface area contributed by atoms with Gasteiger partial charge in [-0.2, -0.15) is 0 Å². The molecule has 0 atom stereocenters. The number of hydrogen-bond acceptors (Lipinski definition) is 6. The van der Waals surface area contributed by atoms with Crippen molar-refractivity contribution in [3.05, 3.63) is 5.89 Å². The zero-order valence-electron chi connectivity index (χ0n) is 8.93. The number of rotatable bonds is 2. The van der Waals surface area contributed by atoms with Crippen LogP contribution in [0, 0.1) is 0 Å². The second-order valence-corrected chi connectivity index (χ2v) is 3.74. The van der Waals surface area contributed by atoms with E-state index in [1.54, 1.807) is 0 Å². The summed E-state index contributed by atoms with van der Waals surface area (Å²) in [5, 5.41) is 7.54. The maximum Gasteiger partial charge on any atom is 0.318 e. The summed E-state index contributed by atoms with van der Waals surface area (Å²) in [6.45, 7) is 5.07. The Labute approximate surface area is 87.9 Å². The lowest BCUT2D eigenvalue weighted by Crippen LogP contribution is -2.44. The van der Waals surface area contributed by atoms with Crippen molar-refractivity contribution in [1.29, 1.82) is 0 Å². The molecule has 0 aromatic carbocycles. The number of Topliss-reactive ketones (excluding diaryl/α,β-unsaturated/α-hetero) is 1. The van der Waals surface area contributed by atoms with Crippen LogP contribution in [-0.4, -0.2) is 54.1 Å². The first kappa shape index (κ1) is 10.1. The summed E-state index contributed by atoms with van der Waals surface area (Å²) in [7, 11) is 2.08. The number of carbonyl (C=O) groups excluding carboxylic acids is 1. The molecular formula is C9H14N4O2. The van der Waals surface area contributed by atoms with Gasteiger partial charge in [0.05, 0.1) is 0 Å². The van der Waals surface area contributed by atoms with Crippen LogP contribution in [0.5, 0.6) is 0 Å². The number of anilines is 1. The highest BCUT2D eigenvalue weighted by atomic mass is 16.4. The molecule has 0 unspecified atom stereocenters. The minimum Gasteiger partial charge on any atom is -0.400 e. The smallest absolute Gasteiger partial charge is 0.318 e. The van der Waals surface area contributed by atoms with E-state index in [0.717, 1.165) is 26.2 Å². The van der Waals surface area contributed by atoms with E-state index in [2.05, 4.69) is 22.1 Å². The zero-order chi connectivity index (χ0) is 10.8. The second kappa shape index (κ2) is 3.98. The van der Waals surface area contributed by atoms with Gasteiger partial charge >= 0.3 is 6.01 Å². The molecule has 0 spiro atoms. The standard InChI is InChI=1S/C9H14N4O2/c1-7(14)8-10-11-9(15-8)13-5-3-12(2)4-6-13/h3-6H2,1-2H3. The van der Waals surface area contributed by atoms with Gasteiger partial charge in [-0.15, -0.1) is 5.10 Å². The largest absolute Gasteiger partial charge is 0.400 e. The molecule has 0 aliphatic carbocycles. The van der Waals surface area contributed by atoms with E-state index in [1.807, 2.05) is 4.90 Å². The van der Waals surface area contributed by atoms with Crippen LogP contribution in [0.1, 0.15) is 17.6 Å². The Bertz CT molecular complexity index is 355. The number of likely N-dealkylation sites (N-methyl/N-ethyl adjacent to an activating group) is 1. The third kappa shape index (κ3) is 2.15. The lowest BCUT2D eigenvalue weighted by atomic mass is 10.3. The molecule has 2 heterocycles. The average molecular weight is 210 g/mol. The molecule has 6 nitrogen and oxygen atoms in total. The highest BCUT2D eigenvalue weighted by Gasteiger charge is 2.20. The topological polar surface area (TPSA) is 62.5 Å². The highest BCUT2D eigenvalue weighted by molar-refractivity contribution is 5.89. The second-order valence-electron chi connectivity index (χ2n) is 3.74. The number of ketones is 1. The van der Waals surface area contributed by atoms with Crippen LogP contribution in [0.25, 0.3) is 0 Å². The van der Waals surface area contributed by atoms with E-state index >= 15 is 0 Å². The predicted octanol–water partition coefficient (Wildman–Crippen LogP) is 0.0240. The summed E-state index contributed by atoms with van der Waals surface area (Å²) in [6, 6.07) is 0.452. The van der Waals surface area contributed by atoms with Crippen molar-refractivity contribution in [3.8, 4) is 0 Å². The van der Waals surface area contributed by atoms with Crippen LogP contribution in [0.3, 0.4) is 0 Å². The molecule has 0 radical (unpaired) electrons. The first-order valence-corrected chi connectivity index (χ1v) is 4.95. The normalized spacial score (nSPS) is 18.1. The molecule has 0 N–H and O–H groups in total. The fourth-order valence-corrected chi connectivity index (χ4v) is 1.48. The molecule has 0 amide bonds. The molecule has 82 valence electrons. The SMILES string of the molecule is CC(=O)c1nnc(N2CCN(C)CC2)o1. The molecule has 1 aromatic rings. The first-order chi connectivity index (χ1) is 7.16. The Morgan fingerprint density at radius 1 is 1.27 bits per heavy atom. The highest BCUT2D eigenvalue weighted by Crippen LogP contribution is 2.14. The van der Waals surface area contributed by atoms with Crippen molar-refractivity contribution in [2.24, 2.45) is 0 Å². The maximum absolute atomic E-state index is 11.0. The maximum atomic E-state index is 11.0. The van der Waals surface area contributed by atoms with Gasteiger partial charge in [-0.05, 0) is 7.05 Å². The summed E-state index contributed by atoms with van der Waals surface area (Å²) in [5.74, 6) is -0.105. The Balaban J connectivity index is 2.06. The number of carbonyl (C=O) groups is 1. The van der Waals surface area contributed by atoms with Crippen molar-refractivity contribution in [2.75, 3.05) is 38.1 Å². The summed E-state index contributed by atoms with van der Waals surface area (Å²) in [4.78, 5) is 15.2. The third-order valence-electron chi connectivity index (χ3n) is 2.49.